The molecule has 2 aromatic rings. The van der Waals surface area contributed by atoms with Gasteiger partial charge in [-0.1, -0.05) is 0 Å². The molecule has 0 aliphatic carbocycles. The average molecular weight is 290 g/mol. The number of rotatable bonds is 5. The van der Waals surface area contributed by atoms with Crippen molar-refractivity contribution in [3.05, 3.63) is 29.8 Å². The molecular weight excluding hydrogens is 272 g/mol. The van der Waals surface area contributed by atoms with Gasteiger partial charge in [0.15, 0.2) is 5.78 Å². The maximum atomic E-state index is 11.6. The number of ether oxygens (including phenoxy) is 3. The predicted molar refractivity (Wildman–Crippen MR) is 78.0 cm³/mol. The van der Waals surface area contributed by atoms with E-state index in [-0.39, 0.29) is 5.78 Å². The normalized spacial score (nSPS) is 10.3. The molecule has 0 fully saturated rings. The highest BCUT2D eigenvalue weighted by Crippen LogP contribution is 2.38. The van der Waals surface area contributed by atoms with Crippen molar-refractivity contribution in [1.82, 2.24) is 9.55 Å². The molecule has 1 aromatic heterocycles. The molecule has 0 aliphatic rings. The highest BCUT2D eigenvalue weighted by atomic mass is 16.5. The van der Waals surface area contributed by atoms with Gasteiger partial charge in [0.05, 0.1) is 27.0 Å². The van der Waals surface area contributed by atoms with Crippen LogP contribution in [-0.2, 0) is 0 Å². The van der Waals surface area contributed by atoms with Crippen molar-refractivity contribution >= 4 is 5.78 Å². The van der Waals surface area contributed by atoms with Gasteiger partial charge in [-0.2, -0.15) is 0 Å². The fourth-order valence-electron chi connectivity index (χ4n) is 2.21. The lowest BCUT2D eigenvalue weighted by Crippen LogP contribution is -2.04. The van der Waals surface area contributed by atoms with Gasteiger partial charge in [0.1, 0.15) is 35.0 Å². The highest BCUT2D eigenvalue weighted by Gasteiger charge is 2.19. The maximum absolute atomic E-state index is 11.6. The molecule has 0 saturated carbocycles. The van der Waals surface area contributed by atoms with Crippen molar-refractivity contribution < 1.29 is 19.0 Å². The van der Waals surface area contributed by atoms with Crippen LogP contribution < -0.4 is 14.2 Å². The largest absolute Gasteiger partial charge is 0.496 e. The van der Waals surface area contributed by atoms with E-state index in [1.807, 2.05) is 6.92 Å². The van der Waals surface area contributed by atoms with Crippen LogP contribution in [0.5, 0.6) is 17.2 Å². The Morgan fingerprint density at radius 3 is 2.05 bits per heavy atom. The maximum Gasteiger partial charge on any atom is 0.179 e. The molecule has 0 aliphatic heterocycles. The fourth-order valence-corrected chi connectivity index (χ4v) is 2.21. The van der Waals surface area contributed by atoms with Gasteiger partial charge in [-0.15, -0.1) is 0 Å². The Balaban J connectivity index is 2.70. The monoisotopic (exact) mass is 290 g/mol. The van der Waals surface area contributed by atoms with Crippen LogP contribution in [0.2, 0.25) is 0 Å². The second kappa shape index (κ2) is 5.87. The van der Waals surface area contributed by atoms with Crippen molar-refractivity contribution in [2.75, 3.05) is 21.3 Å². The molecule has 21 heavy (non-hydrogen) atoms. The Bertz CT molecular complexity index is 651. The Kier molecular flexibility index (Phi) is 4.16. The van der Waals surface area contributed by atoms with E-state index in [1.54, 1.807) is 44.4 Å². The summed E-state index contributed by atoms with van der Waals surface area (Å²) in [6.45, 7) is 3.31. The van der Waals surface area contributed by atoms with Gasteiger partial charge in [0.25, 0.3) is 0 Å². The Morgan fingerprint density at radius 1 is 1.10 bits per heavy atom. The SMILES string of the molecule is COc1cc(OC)c(-n2cnc(C(C)=O)c2C)c(OC)c1. The van der Waals surface area contributed by atoms with Gasteiger partial charge in [-0.3, -0.25) is 9.36 Å². The van der Waals surface area contributed by atoms with Crippen LogP contribution in [0.1, 0.15) is 23.1 Å². The zero-order valence-electron chi connectivity index (χ0n) is 12.8. The van der Waals surface area contributed by atoms with E-state index in [0.717, 1.165) is 5.69 Å². The molecule has 0 atom stereocenters. The van der Waals surface area contributed by atoms with Gasteiger partial charge in [0, 0.05) is 19.1 Å². The van der Waals surface area contributed by atoms with Crippen molar-refractivity contribution in [2.45, 2.75) is 13.8 Å². The van der Waals surface area contributed by atoms with Gasteiger partial charge in [0.2, 0.25) is 0 Å². The number of nitrogens with zero attached hydrogens (tertiary/aromatic N) is 2. The first kappa shape index (κ1) is 14.9. The molecule has 6 nitrogen and oxygen atoms in total. The summed E-state index contributed by atoms with van der Waals surface area (Å²) in [5, 5.41) is 0. The summed E-state index contributed by atoms with van der Waals surface area (Å²) < 4.78 is 17.8. The molecule has 0 N–H and O–H groups in total. The molecule has 2 rings (SSSR count). The summed E-state index contributed by atoms with van der Waals surface area (Å²) >= 11 is 0. The van der Waals surface area contributed by atoms with Crippen LogP contribution in [0, 0.1) is 6.92 Å². The quantitative estimate of drug-likeness (QED) is 0.791. The average Bonchev–Trinajstić information content (AvgIpc) is 2.87. The summed E-state index contributed by atoms with van der Waals surface area (Å²) in [6.07, 6.45) is 1.58. The lowest BCUT2D eigenvalue weighted by molar-refractivity contribution is 0.101. The van der Waals surface area contributed by atoms with Crippen LogP contribution in [0.3, 0.4) is 0 Å². The third-order valence-electron chi connectivity index (χ3n) is 3.27. The van der Waals surface area contributed by atoms with E-state index in [2.05, 4.69) is 4.98 Å². The van der Waals surface area contributed by atoms with E-state index in [4.69, 9.17) is 14.2 Å². The molecule has 1 heterocycles. The van der Waals surface area contributed by atoms with Crippen LogP contribution >= 0.6 is 0 Å². The second-order valence-corrected chi connectivity index (χ2v) is 4.49. The van der Waals surface area contributed by atoms with Crippen molar-refractivity contribution in [2.24, 2.45) is 0 Å². The van der Waals surface area contributed by atoms with Gasteiger partial charge < -0.3 is 14.2 Å². The first-order chi connectivity index (χ1) is 10.0. The van der Waals surface area contributed by atoms with Crippen LogP contribution in [-0.4, -0.2) is 36.7 Å². The minimum absolute atomic E-state index is 0.0855. The summed E-state index contributed by atoms with van der Waals surface area (Å²) in [5.74, 6) is 1.68. The summed E-state index contributed by atoms with van der Waals surface area (Å²) in [4.78, 5) is 15.7. The number of carbonyl (C=O) groups excluding carboxylic acids is 1. The number of imidazole rings is 1. The number of aromatic nitrogens is 2. The Hall–Kier alpha value is -2.50. The van der Waals surface area contributed by atoms with Gasteiger partial charge >= 0.3 is 0 Å². The van der Waals surface area contributed by atoms with E-state index in [0.29, 0.717) is 28.6 Å². The smallest absolute Gasteiger partial charge is 0.179 e. The Labute approximate surface area is 123 Å². The minimum Gasteiger partial charge on any atom is -0.496 e. The van der Waals surface area contributed by atoms with Crippen LogP contribution in [0.25, 0.3) is 5.69 Å². The fraction of sp³-hybridized carbons (Fsp3) is 0.333. The standard InChI is InChI=1S/C15H18N2O4/c1-9-14(10(2)18)16-8-17(9)15-12(20-4)6-11(19-3)7-13(15)21-5/h6-8H,1-5H3. The third-order valence-corrected chi connectivity index (χ3v) is 3.27. The highest BCUT2D eigenvalue weighted by molar-refractivity contribution is 5.93. The molecule has 112 valence electrons. The molecule has 6 heteroatoms. The molecule has 0 radical (unpaired) electrons. The van der Waals surface area contributed by atoms with Crippen LogP contribution in [0.4, 0.5) is 0 Å². The zero-order chi connectivity index (χ0) is 15.6. The Morgan fingerprint density at radius 2 is 1.67 bits per heavy atom. The second-order valence-electron chi connectivity index (χ2n) is 4.49. The number of benzene rings is 1. The van der Waals surface area contributed by atoms with Crippen molar-refractivity contribution in [3.8, 4) is 22.9 Å². The first-order valence-electron chi connectivity index (χ1n) is 6.38. The number of hydrogen-bond acceptors (Lipinski definition) is 5. The number of hydrogen-bond donors (Lipinski definition) is 0. The summed E-state index contributed by atoms with van der Waals surface area (Å²) in [7, 11) is 4.70. The van der Waals surface area contributed by atoms with Crippen LogP contribution in [0.15, 0.2) is 18.5 Å². The van der Waals surface area contributed by atoms with E-state index in [9.17, 15) is 4.79 Å². The molecule has 0 spiro atoms. The molecule has 0 saturated heterocycles. The number of carbonyl (C=O) groups is 1. The molecular formula is C15H18N2O4. The zero-order valence-corrected chi connectivity index (χ0v) is 12.8. The molecule has 0 amide bonds. The molecule has 1 aromatic carbocycles. The van der Waals surface area contributed by atoms with Gasteiger partial charge in [-0.05, 0) is 6.92 Å². The lowest BCUT2D eigenvalue weighted by atomic mass is 10.2. The molecule has 0 unspecified atom stereocenters. The number of methoxy groups -OCH3 is 3. The number of Topliss-reactive ketones (excluding diaryl/α,β-unsaturated/α-hetero) is 1. The molecule has 0 bridgehead atoms. The van der Waals surface area contributed by atoms with E-state index >= 15 is 0 Å². The van der Waals surface area contributed by atoms with E-state index in [1.165, 1.54) is 6.92 Å². The summed E-state index contributed by atoms with van der Waals surface area (Å²) in [6, 6.07) is 3.51. The van der Waals surface area contributed by atoms with Crippen molar-refractivity contribution in [1.29, 1.82) is 0 Å². The first-order valence-corrected chi connectivity index (χ1v) is 6.38. The van der Waals surface area contributed by atoms with E-state index < -0.39 is 0 Å². The lowest BCUT2D eigenvalue weighted by Gasteiger charge is -2.16. The van der Waals surface area contributed by atoms with Gasteiger partial charge in [-0.25, -0.2) is 4.98 Å². The minimum atomic E-state index is -0.0855. The predicted octanol–water partition coefficient (Wildman–Crippen LogP) is 2.41. The van der Waals surface area contributed by atoms with Crippen molar-refractivity contribution in [3.63, 3.8) is 0 Å². The number of ketones is 1. The topological polar surface area (TPSA) is 62.6 Å². The summed E-state index contributed by atoms with van der Waals surface area (Å²) in [5.41, 5.74) is 1.83. The third kappa shape index (κ3) is 2.56.